The van der Waals surface area contributed by atoms with Crippen molar-refractivity contribution in [2.45, 2.75) is 62.4 Å². The van der Waals surface area contributed by atoms with E-state index in [1.165, 1.54) is 55.6 Å². The summed E-state index contributed by atoms with van der Waals surface area (Å²) in [5.41, 5.74) is 7.31. The van der Waals surface area contributed by atoms with Gasteiger partial charge in [0.25, 0.3) is 0 Å². The fourth-order valence-electron chi connectivity index (χ4n) is 6.97. The third-order valence-corrected chi connectivity index (χ3v) is 9.23. The Morgan fingerprint density at radius 1 is 0.684 bits per heavy atom. The van der Waals surface area contributed by atoms with E-state index >= 15 is 0 Å². The van der Waals surface area contributed by atoms with Gasteiger partial charge >= 0.3 is 6.09 Å². The molecule has 5 nitrogen and oxygen atoms in total. The topological polar surface area (TPSA) is 53.6 Å². The summed E-state index contributed by atoms with van der Waals surface area (Å²) in [6, 6.07) is 27.2. The number of hydrogen-bond acceptors (Lipinski definition) is 4. The average Bonchev–Trinajstić information content (AvgIpc) is 3.52. The molecule has 2 fully saturated rings. The molecule has 3 aliphatic heterocycles. The van der Waals surface area contributed by atoms with Crippen molar-refractivity contribution >= 4 is 17.5 Å². The third kappa shape index (κ3) is 4.87. The summed E-state index contributed by atoms with van der Waals surface area (Å²) >= 11 is 0. The number of para-hydroxylation sites is 2. The number of carbonyl (C=O) groups is 1. The van der Waals surface area contributed by atoms with Crippen molar-refractivity contribution in [1.29, 1.82) is 0 Å². The van der Waals surface area contributed by atoms with Crippen molar-refractivity contribution in [1.82, 2.24) is 4.90 Å². The summed E-state index contributed by atoms with van der Waals surface area (Å²) in [4.78, 5) is 14.2. The van der Waals surface area contributed by atoms with Crippen LogP contribution in [0.2, 0.25) is 0 Å². The zero-order valence-corrected chi connectivity index (χ0v) is 22.3. The van der Waals surface area contributed by atoms with Crippen LogP contribution in [0, 0.1) is 0 Å². The van der Waals surface area contributed by atoms with E-state index in [9.17, 15) is 4.79 Å². The van der Waals surface area contributed by atoms with Crippen molar-refractivity contribution < 1.29 is 9.53 Å². The van der Waals surface area contributed by atoms with Crippen LogP contribution >= 0.6 is 0 Å². The number of nitrogens with zero attached hydrogens (tertiary/aromatic N) is 1. The van der Waals surface area contributed by atoms with Gasteiger partial charge in [0.15, 0.2) is 0 Å². The molecule has 0 unspecified atom stereocenters. The van der Waals surface area contributed by atoms with Crippen molar-refractivity contribution in [3.63, 3.8) is 0 Å². The Hall–Kier alpha value is -3.47. The van der Waals surface area contributed by atoms with Gasteiger partial charge in [0.05, 0.1) is 0 Å². The van der Waals surface area contributed by atoms with Gasteiger partial charge in [0.2, 0.25) is 0 Å². The van der Waals surface area contributed by atoms with E-state index in [1.54, 1.807) is 5.56 Å². The monoisotopic (exact) mass is 509 g/mol. The fourth-order valence-corrected chi connectivity index (χ4v) is 6.97. The minimum absolute atomic E-state index is 0.173. The van der Waals surface area contributed by atoms with Crippen molar-refractivity contribution in [3.8, 4) is 0 Å². The molecular formula is C33H39N3O2. The van der Waals surface area contributed by atoms with Crippen LogP contribution in [-0.2, 0) is 22.2 Å². The van der Waals surface area contributed by atoms with Crippen LogP contribution in [0.15, 0.2) is 78.9 Å². The minimum Gasteiger partial charge on any atom is -0.445 e. The van der Waals surface area contributed by atoms with Gasteiger partial charge < -0.3 is 20.3 Å². The smallest absolute Gasteiger partial charge is 0.410 e. The van der Waals surface area contributed by atoms with Gasteiger partial charge in [-0.25, -0.2) is 4.79 Å². The molecule has 0 radical (unpaired) electrons. The molecule has 2 spiro atoms. The second-order valence-electron chi connectivity index (χ2n) is 11.4. The lowest BCUT2D eigenvalue weighted by Crippen LogP contribution is -2.46. The molecule has 1 aliphatic carbocycles. The molecule has 3 aromatic carbocycles. The van der Waals surface area contributed by atoms with Crippen LogP contribution in [0.5, 0.6) is 0 Å². The Morgan fingerprint density at radius 3 is 1.82 bits per heavy atom. The molecule has 0 bridgehead atoms. The molecule has 1 saturated heterocycles. The number of piperidine rings is 1. The summed E-state index contributed by atoms with van der Waals surface area (Å²) in [5.74, 6) is 0. The molecule has 7 rings (SSSR count). The number of amides is 1. The Balaban J connectivity index is 0.000000159. The maximum absolute atomic E-state index is 12.3. The van der Waals surface area contributed by atoms with Gasteiger partial charge in [-0.05, 0) is 54.5 Å². The largest absolute Gasteiger partial charge is 0.445 e. The number of hydrogen-bond donors (Lipinski definition) is 2. The summed E-state index contributed by atoms with van der Waals surface area (Å²) in [7, 11) is 0. The molecule has 2 N–H and O–H groups in total. The summed E-state index contributed by atoms with van der Waals surface area (Å²) in [6.07, 6.45) is 8.80. The van der Waals surface area contributed by atoms with E-state index in [2.05, 4.69) is 59.2 Å². The number of likely N-dealkylation sites (tertiary alicyclic amines) is 1. The highest BCUT2D eigenvalue weighted by Crippen LogP contribution is 2.46. The Bertz CT molecular complexity index is 1240. The molecule has 4 aliphatic rings. The molecule has 0 aromatic heterocycles. The third-order valence-electron chi connectivity index (χ3n) is 9.23. The van der Waals surface area contributed by atoms with Gasteiger partial charge in [-0.2, -0.15) is 0 Å². The van der Waals surface area contributed by atoms with Gasteiger partial charge in [-0.15, -0.1) is 0 Å². The van der Waals surface area contributed by atoms with E-state index < -0.39 is 0 Å². The predicted molar refractivity (Wildman–Crippen MR) is 154 cm³/mol. The van der Waals surface area contributed by atoms with E-state index in [0.29, 0.717) is 12.0 Å². The second-order valence-corrected chi connectivity index (χ2v) is 11.4. The van der Waals surface area contributed by atoms with E-state index in [4.69, 9.17) is 4.74 Å². The highest BCUT2D eigenvalue weighted by molar-refractivity contribution is 5.68. The molecule has 198 valence electrons. The molecule has 38 heavy (non-hydrogen) atoms. The van der Waals surface area contributed by atoms with E-state index in [0.717, 1.165) is 38.0 Å². The molecule has 1 amide bonds. The van der Waals surface area contributed by atoms with Crippen LogP contribution in [0.1, 0.15) is 61.6 Å². The lowest BCUT2D eigenvalue weighted by Gasteiger charge is -2.38. The van der Waals surface area contributed by atoms with Gasteiger partial charge in [-0.3, -0.25) is 0 Å². The van der Waals surface area contributed by atoms with Gasteiger partial charge in [0, 0.05) is 48.4 Å². The van der Waals surface area contributed by atoms with E-state index in [1.807, 2.05) is 35.2 Å². The first-order valence-electron chi connectivity index (χ1n) is 14.3. The first-order valence-corrected chi connectivity index (χ1v) is 14.3. The molecule has 5 heteroatoms. The number of ether oxygens (including phenoxy) is 1. The SMILES string of the molecule is O=C(OCc1ccccc1)N1CCC2(CC1)CNc1ccccc12.c1ccc2c(c1)NCC21CCCCC1. The Morgan fingerprint density at radius 2 is 1.21 bits per heavy atom. The van der Waals surface area contributed by atoms with E-state index in [-0.39, 0.29) is 11.5 Å². The first kappa shape index (κ1) is 24.8. The van der Waals surface area contributed by atoms with Crippen LogP contribution in [0.25, 0.3) is 0 Å². The lowest BCUT2D eigenvalue weighted by molar-refractivity contribution is 0.0794. The number of fused-ring (bicyclic) bond motifs is 4. The summed E-state index contributed by atoms with van der Waals surface area (Å²) in [6.45, 7) is 3.99. The minimum atomic E-state index is -0.201. The standard InChI is InChI=1S/C20H22N2O2.C13H17N/c23-19(24-14-16-6-2-1-3-7-16)22-12-10-20(11-13-22)15-21-18-9-5-4-8-17(18)20;1-4-8-13(9-5-1)10-14-12-7-3-2-6-11(12)13/h1-9,21H,10-15H2;2-3,6-7,14H,1,4-5,8-10H2. The Labute approximate surface area is 226 Å². The molecular weight excluding hydrogens is 470 g/mol. The molecule has 0 atom stereocenters. The molecule has 1 saturated carbocycles. The second kappa shape index (κ2) is 10.7. The van der Waals surface area contributed by atoms with Crippen LogP contribution in [0.4, 0.5) is 16.2 Å². The van der Waals surface area contributed by atoms with Crippen molar-refractivity contribution in [2.24, 2.45) is 0 Å². The number of nitrogens with one attached hydrogen (secondary N) is 2. The number of carbonyl (C=O) groups excluding carboxylic acids is 1. The highest BCUT2D eigenvalue weighted by atomic mass is 16.6. The maximum atomic E-state index is 12.3. The van der Waals surface area contributed by atoms with Crippen LogP contribution < -0.4 is 10.6 Å². The molecule has 3 heterocycles. The van der Waals surface area contributed by atoms with Gasteiger partial charge in [0.1, 0.15) is 6.61 Å². The lowest BCUT2D eigenvalue weighted by atomic mass is 9.71. The van der Waals surface area contributed by atoms with Crippen molar-refractivity contribution in [2.75, 3.05) is 36.8 Å². The normalized spacial score (nSPS) is 19.9. The zero-order valence-electron chi connectivity index (χ0n) is 22.3. The van der Waals surface area contributed by atoms with Crippen LogP contribution in [0.3, 0.4) is 0 Å². The summed E-state index contributed by atoms with van der Waals surface area (Å²) in [5, 5.41) is 7.08. The number of anilines is 2. The molecule has 3 aromatic rings. The first-order chi connectivity index (χ1) is 18.7. The van der Waals surface area contributed by atoms with Gasteiger partial charge in [-0.1, -0.05) is 86.0 Å². The maximum Gasteiger partial charge on any atom is 0.410 e. The van der Waals surface area contributed by atoms with Crippen molar-refractivity contribution in [3.05, 3.63) is 95.6 Å². The number of rotatable bonds is 2. The Kier molecular flexibility index (Phi) is 7.01. The predicted octanol–water partition coefficient (Wildman–Crippen LogP) is 7.10. The highest BCUT2D eigenvalue weighted by Gasteiger charge is 2.42. The summed E-state index contributed by atoms with van der Waals surface area (Å²) < 4.78 is 5.46. The fraction of sp³-hybridized carbons (Fsp3) is 0.424. The zero-order chi connectivity index (χ0) is 25.8. The quantitative estimate of drug-likeness (QED) is 0.387. The number of benzene rings is 3. The average molecular weight is 510 g/mol. The van der Waals surface area contributed by atoms with Crippen LogP contribution in [-0.4, -0.2) is 37.2 Å².